The molecule has 0 bridgehead atoms. The van der Waals surface area contributed by atoms with Crippen LogP contribution in [0.2, 0.25) is 0 Å². The average Bonchev–Trinajstić information content (AvgIpc) is 2.73. The summed E-state index contributed by atoms with van der Waals surface area (Å²) in [6.45, 7) is 3.74. The Morgan fingerprint density at radius 1 is 1.38 bits per heavy atom. The van der Waals surface area contributed by atoms with Crippen LogP contribution in [-0.2, 0) is 6.54 Å². The predicted molar refractivity (Wildman–Crippen MR) is 63.8 cm³/mol. The largest absolute Gasteiger partial charge is 0.330 e. The maximum absolute atomic E-state index is 11.5. The summed E-state index contributed by atoms with van der Waals surface area (Å²) in [6.07, 6.45) is 3.39. The first-order chi connectivity index (χ1) is 7.83. The van der Waals surface area contributed by atoms with Crippen LogP contribution >= 0.6 is 0 Å². The molecule has 1 heterocycles. The molecule has 0 fully saturated rings. The Hall–Kier alpha value is -1.81. The van der Waals surface area contributed by atoms with Crippen LogP contribution in [-0.4, -0.2) is 16.1 Å². The minimum atomic E-state index is -0.107. The van der Waals surface area contributed by atoms with Crippen molar-refractivity contribution in [3.05, 3.63) is 52.7 Å². The van der Waals surface area contributed by atoms with E-state index in [9.17, 15) is 4.79 Å². The van der Waals surface area contributed by atoms with E-state index in [2.05, 4.69) is 17.2 Å². The average molecular weight is 217 g/mol. The molecule has 2 rings (SSSR count). The number of imidazole rings is 1. The van der Waals surface area contributed by atoms with Crippen molar-refractivity contribution >= 4 is 0 Å². The zero-order valence-electron chi connectivity index (χ0n) is 9.23. The summed E-state index contributed by atoms with van der Waals surface area (Å²) in [4.78, 5) is 14.2. The van der Waals surface area contributed by atoms with E-state index in [1.54, 1.807) is 17.0 Å². The van der Waals surface area contributed by atoms with Crippen molar-refractivity contribution in [1.82, 2.24) is 14.9 Å². The van der Waals surface area contributed by atoms with Gasteiger partial charge < -0.3 is 10.3 Å². The zero-order valence-corrected chi connectivity index (χ0v) is 9.23. The quantitative estimate of drug-likeness (QED) is 0.810. The Kier molecular flexibility index (Phi) is 3.22. The van der Waals surface area contributed by atoms with E-state index in [0.717, 1.165) is 24.3 Å². The molecule has 0 saturated carbocycles. The van der Waals surface area contributed by atoms with E-state index < -0.39 is 0 Å². The maximum atomic E-state index is 11.5. The third kappa shape index (κ3) is 2.06. The topological polar surface area (TPSA) is 49.8 Å². The van der Waals surface area contributed by atoms with Gasteiger partial charge in [-0.15, -0.1) is 0 Å². The van der Waals surface area contributed by atoms with E-state index in [1.165, 1.54) is 0 Å². The van der Waals surface area contributed by atoms with Gasteiger partial charge in [-0.25, -0.2) is 4.79 Å². The normalized spacial score (nSPS) is 10.6. The second kappa shape index (κ2) is 4.81. The number of nitrogens with one attached hydrogen (secondary N) is 2. The summed E-state index contributed by atoms with van der Waals surface area (Å²) in [5, 5.41) is 3.26. The molecule has 2 N–H and O–H groups in total. The van der Waals surface area contributed by atoms with Crippen molar-refractivity contribution in [2.24, 2.45) is 0 Å². The summed E-state index contributed by atoms with van der Waals surface area (Å²) in [5.41, 5.74) is 1.93. The Morgan fingerprint density at radius 2 is 2.19 bits per heavy atom. The zero-order chi connectivity index (χ0) is 11.4. The number of H-pyrrole nitrogens is 1. The molecule has 1 aromatic heterocycles. The van der Waals surface area contributed by atoms with Crippen LogP contribution in [0.3, 0.4) is 0 Å². The Balaban J connectivity index is 2.40. The molecular formula is C12H15N3O. The Bertz CT molecular complexity index is 513. The van der Waals surface area contributed by atoms with Gasteiger partial charge in [0.2, 0.25) is 0 Å². The summed E-state index contributed by atoms with van der Waals surface area (Å²) in [6, 6.07) is 7.89. The summed E-state index contributed by atoms with van der Waals surface area (Å²) >= 11 is 0. The Morgan fingerprint density at radius 3 is 2.88 bits per heavy atom. The van der Waals surface area contributed by atoms with Crippen LogP contribution in [0.25, 0.3) is 5.69 Å². The van der Waals surface area contributed by atoms with Crippen molar-refractivity contribution in [3.63, 3.8) is 0 Å². The molecular weight excluding hydrogens is 202 g/mol. The van der Waals surface area contributed by atoms with Crippen LogP contribution in [0, 0.1) is 0 Å². The first-order valence-corrected chi connectivity index (χ1v) is 5.38. The van der Waals surface area contributed by atoms with Crippen LogP contribution in [0.1, 0.15) is 12.5 Å². The molecule has 0 aliphatic carbocycles. The number of para-hydroxylation sites is 1. The number of benzene rings is 1. The van der Waals surface area contributed by atoms with Crippen molar-refractivity contribution in [2.75, 3.05) is 6.54 Å². The third-order valence-corrected chi connectivity index (χ3v) is 2.47. The summed E-state index contributed by atoms with van der Waals surface area (Å²) in [7, 11) is 0. The lowest BCUT2D eigenvalue weighted by atomic mass is 10.1. The molecule has 0 aliphatic rings. The van der Waals surface area contributed by atoms with Crippen molar-refractivity contribution in [3.8, 4) is 5.69 Å². The summed E-state index contributed by atoms with van der Waals surface area (Å²) in [5.74, 6) is 0. The highest BCUT2D eigenvalue weighted by molar-refractivity contribution is 5.40. The second-order valence-corrected chi connectivity index (χ2v) is 3.54. The lowest BCUT2D eigenvalue weighted by Gasteiger charge is -2.09. The highest BCUT2D eigenvalue weighted by atomic mass is 16.1. The molecule has 0 atom stereocenters. The molecule has 0 amide bonds. The first-order valence-electron chi connectivity index (χ1n) is 5.38. The van der Waals surface area contributed by atoms with Crippen molar-refractivity contribution in [1.29, 1.82) is 0 Å². The van der Waals surface area contributed by atoms with Gasteiger partial charge >= 0.3 is 5.69 Å². The maximum Gasteiger partial charge on any atom is 0.330 e. The molecule has 4 nitrogen and oxygen atoms in total. The fourth-order valence-electron chi connectivity index (χ4n) is 1.67. The molecule has 0 saturated heterocycles. The SMILES string of the molecule is CCNCc1ccccc1-n1cc[nH]c1=O. The molecule has 4 heteroatoms. The van der Waals surface area contributed by atoms with Crippen LogP contribution < -0.4 is 11.0 Å². The predicted octanol–water partition coefficient (Wildman–Crippen LogP) is 1.28. The molecule has 0 unspecified atom stereocenters. The van der Waals surface area contributed by atoms with Crippen LogP contribution in [0.4, 0.5) is 0 Å². The number of aromatic amines is 1. The lowest BCUT2D eigenvalue weighted by molar-refractivity contribution is 0.721. The fourth-order valence-corrected chi connectivity index (χ4v) is 1.67. The van der Waals surface area contributed by atoms with Gasteiger partial charge in [0.1, 0.15) is 0 Å². The standard InChI is InChI=1S/C12H15N3O/c1-2-13-9-10-5-3-4-6-11(10)15-8-7-14-12(15)16/h3-8,13H,2,9H2,1H3,(H,14,16). The summed E-state index contributed by atoms with van der Waals surface area (Å²) < 4.78 is 1.62. The van der Waals surface area contributed by atoms with Gasteiger partial charge in [-0.1, -0.05) is 25.1 Å². The van der Waals surface area contributed by atoms with Crippen LogP contribution in [0.5, 0.6) is 0 Å². The number of rotatable bonds is 4. The van der Waals surface area contributed by atoms with Gasteiger partial charge in [-0.2, -0.15) is 0 Å². The van der Waals surface area contributed by atoms with E-state index in [1.807, 2.05) is 24.3 Å². The van der Waals surface area contributed by atoms with Gasteiger partial charge in [0.15, 0.2) is 0 Å². The highest BCUT2D eigenvalue weighted by Crippen LogP contribution is 2.11. The van der Waals surface area contributed by atoms with E-state index in [-0.39, 0.29) is 5.69 Å². The molecule has 0 radical (unpaired) electrons. The molecule has 16 heavy (non-hydrogen) atoms. The minimum Gasteiger partial charge on any atom is -0.313 e. The number of aromatic nitrogens is 2. The minimum absolute atomic E-state index is 0.107. The Labute approximate surface area is 93.9 Å². The van der Waals surface area contributed by atoms with Gasteiger partial charge in [0.05, 0.1) is 5.69 Å². The number of hydrogen-bond acceptors (Lipinski definition) is 2. The molecule has 1 aromatic carbocycles. The molecule has 84 valence electrons. The van der Waals surface area contributed by atoms with Gasteiger partial charge in [-0.3, -0.25) is 4.57 Å². The highest BCUT2D eigenvalue weighted by Gasteiger charge is 2.04. The molecule has 0 spiro atoms. The van der Waals surface area contributed by atoms with Gasteiger partial charge in [-0.05, 0) is 18.2 Å². The fraction of sp³-hybridized carbons (Fsp3) is 0.250. The monoisotopic (exact) mass is 217 g/mol. The smallest absolute Gasteiger partial charge is 0.313 e. The van der Waals surface area contributed by atoms with Crippen molar-refractivity contribution < 1.29 is 0 Å². The third-order valence-electron chi connectivity index (χ3n) is 2.47. The first kappa shape index (κ1) is 10.7. The van der Waals surface area contributed by atoms with Crippen LogP contribution in [0.15, 0.2) is 41.5 Å². The molecule has 0 aliphatic heterocycles. The number of nitrogens with zero attached hydrogens (tertiary/aromatic N) is 1. The van der Waals surface area contributed by atoms with E-state index in [0.29, 0.717) is 0 Å². The van der Waals surface area contributed by atoms with Gasteiger partial charge in [0, 0.05) is 18.9 Å². The van der Waals surface area contributed by atoms with E-state index in [4.69, 9.17) is 0 Å². The van der Waals surface area contributed by atoms with Crippen molar-refractivity contribution in [2.45, 2.75) is 13.5 Å². The van der Waals surface area contributed by atoms with Gasteiger partial charge in [0.25, 0.3) is 0 Å². The second-order valence-electron chi connectivity index (χ2n) is 3.54. The number of hydrogen-bond donors (Lipinski definition) is 2. The van der Waals surface area contributed by atoms with E-state index >= 15 is 0 Å². The lowest BCUT2D eigenvalue weighted by Crippen LogP contribution is -2.18. The molecule has 2 aromatic rings.